The number of aliphatic hydroxyl groups is 1. The van der Waals surface area contributed by atoms with Crippen LogP contribution in [0.15, 0.2) is 22.7 Å². The van der Waals surface area contributed by atoms with Crippen LogP contribution in [0.4, 0.5) is 0 Å². The molecule has 5 heteroatoms. The molecule has 1 aromatic carbocycles. The van der Waals surface area contributed by atoms with Crippen molar-refractivity contribution in [1.29, 1.82) is 0 Å². The zero-order valence-electron chi connectivity index (χ0n) is 8.21. The average Bonchev–Trinajstić information content (AvgIpc) is 2.21. The van der Waals surface area contributed by atoms with Gasteiger partial charge in [0.05, 0.1) is 6.61 Å². The van der Waals surface area contributed by atoms with E-state index in [1.807, 2.05) is 18.2 Å². The topological polar surface area (TPSA) is 58.3 Å². The minimum Gasteiger partial charge on any atom is -0.395 e. The van der Waals surface area contributed by atoms with Gasteiger partial charge in [0.25, 0.3) is 0 Å². The Morgan fingerprint density at radius 1 is 1.53 bits per heavy atom. The molecule has 0 saturated carbocycles. The van der Waals surface area contributed by atoms with E-state index < -0.39 is 0 Å². The highest BCUT2D eigenvalue weighted by molar-refractivity contribution is 9.10. The molecule has 0 heterocycles. The predicted molar refractivity (Wildman–Crippen MR) is 66.0 cm³/mol. The molecule has 0 aliphatic rings. The second-order valence-electron chi connectivity index (χ2n) is 3.13. The maximum atomic E-state index is 8.73. The summed E-state index contributed by atoms with van der Waals surface area (Å²) in [5.41, 5.74) is 6.71. The molecule has 0 aromatic heterocycles. The number of nitrogens with one attached hydrogen (secondary N) is 1. The molecule has 1 atom stereocenters. The van der Waals surface area contributed by atoms with Gasteiger partial charge in [-0.25, -0.2) is 0 Å². The van der Waals surface area contributed by atoms with Crippen LogP contribution in [0.3, 0.4) is 0 Å². The fraction of sp³-hybridized carbons (Fsp3) is 0.400. The summed E-state index contributed by atoms with van der Waals surface area (Å²) in [5, 5.41) is 12.6. The van der Waals surface area contributed by atoms with E-state index in [1.165, 1.54) is 0 Å². The van der Waals surface area contributed by atoms with Gasteiger partial charge < -0.3 is 16.2 Å². The molecule has 15 heavy (non-hydrogen) atoms. The van der Waals surface area contributed by atoms with Gasteiger partial charge in [-0.2, -0.15) is 0 Å². The minimum absolute atomic E-state index is 0.0313. The molecule has 0 radical (unpaired) electrons. The minimum atomic E-state index is 0.0313. The van der Waals surface area contributed by atoms with Crippen LogP contribution in [-0.4, -0.2) is 24.8 Å². The largest absolute Gasteiger partial charge is 0.395 e. The van der Waals surface area contributed by atoms with Gasteiger partial charge in [0, 0.05) is 28.6 Å². The molecule has 84 valence electrons. The van der Waals surface area contributed by atoms with Crippen LogP contribution in [0.1, 0.15) is 11.6 Å². The molecule has 0 aliphatic carbocycles. The Labute approximate surface area is 103 Å². The van der Waals surface area contributed by atoms with E-state index in [0.29, 0.717) is 18.1 Å². The van der Waals surface area contributed by atoms with Crippen molar-refractivity contribution in [2.75, 3.05) is 19.7 Å². The summed E-state index contributed by atoms with van der Waals surface area (Å²) in [5.74, 6) is 0. The number of hydrogen-bond acceptors (Lipinski definition) is 3. The van der Waals surface area contributed by atoms with E-state index in [2.05, 4.69) is 21.2 Å². The molecule has 0 saturated heterocycles. The SMILES string of the molecule is NCC(NCCO)c1ccc(Cl)cc1Br. The Kier molecular flexibility index (Phi) is 5.56. The maximum Gasteiger partial charge on any atom is 0.0556 e. The summed E-state index contributed by atoms with van der Waals surface area (Å²) in [6.45, 7) is 1.10. The summed E-state index contributed by atoms with van der Waals surface area (Å²) in [7, 11) is 0. The highest BCUT2D eigenvalue weighted by atomic mass is 79.9. The van der Waals surface area contributed by atoms with E-state index in [9.17, 15) is 0 Å². The highest BCUT2D eigenvalue weighted by Gasteiger charge is 2.11. The van der Waals surface area contributed by atoms with Crippen molar-refractivity contribution in [3.8, 4) is 0 Å². The monoisotopic (exact) mass is 292 g/mol. The number of hydrogen-bond donors (Lipinski definition) is 3. The predicted octanol–water partition coefficient (Wildman–Crippen LogP) is 1.68. The van der Waals surface area contributed by atoms with Gasteiger partial charge in [-0.05, 0) is 17.7 Å². The van der Waals surface area contributed by atoms with Gasteiger partial charge >= 0.3 is 0 Å². The molecule has 4 N–H and O–H groups in total. The van der Waals surface area contributed by atoms with Crippen molar-refractivity contribution in [3.05, 3.63) is 33.3 Å². The lowest BCUT2D eigenvalue weighted by atomic mass is 10.1. The molecule has 3 nitrogen and oxygen atoms in total. The number of rotatable bonds is 5. The number of nitrogens with two attached hydrogens (primary N) is 1. The lowest BCUT2D eigenvalue weighted by Gasteiger charge is -2.18. The van der Waals surface area contributed by atoms with Gasteiger partial charge in [-0.15, -0.1) is 0 Å². The zero-order chi connectivity index (χ0) is 11.3. The van der Waals surface area contributed by atoms with E-state index in [0.717, 1.165) is 10.0 Å². The van der Waals surface area contributed by atoms with Crippen molar-refractivity contribution in [1.82, 2.24) is 5.32 Å². The van der Waals surface area contributed by atoms with Gasteiger partial charge in [0.15, 0.2) is 0 Å². The van der Waals surface area contributed by atoms with Crippen molar-refractivity contribution in [2.45, 2.75) is 6.04 Å². The van der Waals surface area contributed by atoms with Crippen molar-refractivity contribution in [2.24, 2.45) is 5.73 Å². The van der Waals surface area contributed by atoms with Crippen molar-refractivity contribution < 1.29 is 5.11 Å². The smallest absolute Gasteiger partial charge is 0.0556 e. The standard InChI is InChI=1S/C10H14BrClN2O/c11-9-5-7(12)1-2-8(9)10(6-13)14-3-4-15/h1-2,5,10,14-15H,3-4,6,13H2. The molecule has 0 fully saturated rings. The highest BCUT2D eigenvalue weighted by Crippen LogP contribution is 2.26. The summed E-state index contributed by atoms with van der Waals surface area (Å²) < 4.78 is 0.927. The second-order valence-corrected chi connectivity index (χ2v) is 4.42. The molecule has 0 amide bonds. The molecule has 0 aliphatic heterocycles. The molecule has 0 spiro atoms. The average molecular weight is 294 g/mol. The van der Waals surface area contributed by atoms with Gasteiger partial charge in [-0.1, -0.05) is 33.6 Å². The first-order valence-electron chi connectivity index (χ1n) is 4.68. The third-order valence-corrected chi connectivity index (χ3v) is 3.00. The first-order valence-corrected chi connectivity index (χ1v) is 5.85. The molecular formula is C10H14BrClN2O. The fourth-order valence-electron chi connectivity index (χ4n) is 1.34. The van der Waals surface area contributed by atoms with Crippen LogP contribution in [0.2, 0.25) is 5.02 Å². The molecule has 1 unspecified atom stereocenters. The number of benzene rings is 1. The van der Waals surface area contributed by atoms with Gasteiger partial charge in [0.1, 0.15) is 0 Å². The van der Waals surface area contributed by atoms with Crippen LogP contribution in [0, 0.1) is 0 Å². The summed E-state index contributed by atoms with van der Waals surface area (Å²) in [6.07, 6.45) is 0. The fourth-order valence-corrected chi connectivity index (χ4v) is 2.30. The Balaban J connectivity index is 2.81. The number of aliphatic hydroxyl groups excluding tert-OH is 1. The van der Waals surface area contributed by atoms with E-state index in [4.69, 9.17) is 22.4 Å². The van der Waals surface area contributed by atoms with Gasteiger partial charge in [0.2, 0.25) is 0 Å². The molecule has 1 aromatic rings. The summed E-state index contributed by atoms with van der Waals surface area (Å²) in [6, 6.07) is 5.61. The Bertz CT molecular complexity index is 322. The summed E-state index contributed by atoms with van der Waals surface area (Å²) in [4.78, 5) is 0. The maximum absolute atomic E-state index is 8.73. The Morgan fingerprint density at radius 2 is 2.27 bits per heavy atom. The van der Waals surface area contributed by atoms with E-state index in [1.54, 1.807) is 0 Å². The van der Waals surface area contributed by atoms with Crippen molar-refractivity contribution in [3.63, 3.8) is 0 Å². The molecular weight excluding hydrogens is 279 g/mol. The number of halogens is 2. The van der Waals surface area contributed by atoms with Crippen molar-refractivity contribution >= 4 is 27.5 Å². The van der Waals surface area contributed by atoms with Crippen LogP contribution in [0.25, 0.3) is 0 Å². The quantitative estimate of drug-likeness (QED) is 0.774. The summed E-state index contributed by atoms with van der Waals surface area (Å²) >= 11 is 9.29. The first-order chi connectivity index (χ1) is 7.19. The normalized spacial score (nSPS) is 12.8. The third kappa shape index (κ3) is 3.74. The molecule has 1 rings (SSSR count). The first kappa shape index (κ1) is 12.9. The van der Waals surface area contributed by atoms with Crippen LogP contribution in [0.5, 0.6) is 0 Å². The zero-order valence-corrected chi connectivity index (χ0v) is 10.6. The molecule has 0 bridgehead atoms. The Morgan fingerprint density at radius 3 is 2.80 bits per heavy atom. The lowest BCUT2D eigenvalue weighted by molar-refractivity contribution is 0.285. The van der Waals surface area contributed by atoms with E-state index in [-0.39, 0.29) is 12.6 Å². The van der Waals surface area contributed by atoms with Crippen LogP contribution < -0.4 is 11.1 Å². The van der Waals surface area contributed by atoms with Crippen LogP contribution in [-0.2, 0) is 0 Å². The lowest BCUT2D eigenvalue weighted by Crippen LogP contribution is -2.30. The third-order valence-electron chi connectivity index (χ3n) is 2.08. The Hall–Kier alpha value is -0.130. The van der Waals surface area contributed by atoms with Gasteiger partial charge in [-0.3, -0.25) is 0 Å². The van der Waals surface area contributed by atoms with Crippen LogP contribution >= 0.6 is 27.5 Å². The second kappa shape index (κ2) is 6.45. The van der Waals surface area contributed by atoms with E-state index >= 15 is 0 Å².